The molecule has 0 unspecified atom stereocenters. The summed E-state index contributed by atoms with van der Waals surface area (Å²) in [5.41, 5.74) is 5.01. The smallest absolute Gasteiger partial charge is 0.338 e. The first-order valence-corrected chi connectivity index (χ1v) is 10.3. The number of carbonyl (C=O) groups excluding carboxylic acids is 2. The van der Waals surface area contributed by atoms with E-state index in [2.05, 4.69) is 15.5 Å². The first kappa shape index (κ1) is 20.5. The number of ether oxygens (including phenoxy) is 1. The van der Waals surface area contributed by atoms with E-state index in [1.807, 2.05) is 42.5 Å². The number of rotatable bonds is 6. The van der Waals surface area contributed by atoms with Gasteiger partial charge in [-0.15, -0.1) is 0 Å². The van der Waals surface area contributed by atoms with E-state index in [0.717, 1.165) is 24.9 Å². The summed E-state index contributed by atoms with van der Waals surface area (Å²) in [5, 5.41) is 11.0. The zero-order valence-electron chi connectivity index (χ0n) is 17.1. The number of carbonyl (C=O) groups is 2. The molecule has 0 aromatic heterocycles. The van der Waals surface area contributed by atoms with Crippen LogP contribution in [0.25, 0.3) is 0 Å². The van der Waals surface area contributed by atoms with Crippen LogP contribution in [0, 0.1) is 0 Å². The molecular weight excluding hydrogens is 390 g/mol. The summed E-state index contributed by atoms with van der Waals surface area (Å²) in [4.78, 5) is 24.4. The standard InChI is InChI=1S/C25H23N3O3/c29-24(17-31-25(30)20-11-10-18-6-4-5-7-19(18)16-20)26-21-12-14-23(15-13-21)28-27-22-8-2-1-3-9-22/h1-3,8-16H,4-7,17H2,(H,26,29). The van der Waals surface area contributed by atoms with E-state index in [9.17, 15) is 9.59 Å². The van der Waals surface area contributed by atoms with Gasteiger partial charge in [0.25, 0.3) is 5.91 Å². The molecule has 0 saturated carbocycles. The molecule has 6 nitrogen and oxygen atoms in total. The molecule has 6 heteroatoms. The maximum atomic E-state index is 12.3. The predicted octanol–water partition coefficient (Wildman–Crippen LogP) is 5.78. The zero-order valence-corrected chi connectivity index (χ0v) is 17.1. The molecule has 0 bridgehead atoms. The second-order valence-electron chi connectivity index (χ2n) is 7.40. The van der Waals surface area contributed by atoms with Crippen LogP contribution in [0.5, 0.6) is 0 Å². The highest BCUT2D eigenvalue weighted by atomic mass is 16.5. The maximum Gasteiger partial charge on any atom is 0.338 e. The number of fused-ring (bicyclic) bond motifs is 1. The number of nitrogens with one attached hydrogen (secondary N) is 1. The predicted molar refractivity (Wildman–Crippen MR) is 119 cm³/mol. The molecule has 0 spiro atoms. The summed E-state index contributed by atoms with van der Waals surface area (Å²) in [6.07, 6.45) is 4.37. The largest absolute Gasteiger partial charge is 0.452 e. The molecule has 1 aliphatic rings. The van der Waals surface area contributed by atoms with E-state index >= 15 is 0 Å². The van der Waals surface area contributed by atoms with Crippen molar-refractivity contribution in [3.63, 3.8) is 0 Å². The van der Waals surface area contributed by atoms with Crippen molar-refractivity contribution in [1.29, 1.82) is 0 Å². The van der Waals surface area contributed by atoms with Gasteiger partial charge >= 0.3 is 5.97 Å². The number of anilines is 1. The van der Waals surface area contributed by atoms with Crippen molar-refractivity contribution in [3.8, 4) is 0 Å². The third-order valence-electron chi connectivity index (χ3n) is 5.11. The molecule has 1 N–H and O–H groups in total. The fourth-order valence-electron chi connectivity index (χ4n) is 3.49. The molecule has 31 heavy (non-hydrogen) atoms. The van der Waals surface area contributed by atoms with Gasteiger partial charge in [-0.3, -0.25) is 4.79 Å². The van der Waals surface area contributed by atoms with E-state index in [4.69, 9.17) is 4.74 Å². The van der Waals surface area contributed by atoms with E-state index in [1.165, 1.54) is 17.5 Å². The number of esters is 1. The van der Waals surface area contributed by atoms with Gasteiger partial charge in [0, 0.05) is 5.69 Å². The Morgan fingerprint density at radius 2 is 1.48 bits per heavy atom. The lowest BCUT2D eigenvalue weighted by atomic mass is 9.90. The second-order valence-corrected chi connectivity index (χ2v) is 7.40. The van der Waals surface area contributed by atoms with Gasteiger partial charge < -0.3 is 10.1 Å². The average Bonchev–Trinajstić information content (AvgIpc) is 2.82. The molecule has 4 rings (SSSR count). The molecule has 0 fully saturated rings. The van der Waals surface area contributed by atoms with Crippen molar-refractivity contribution in [2.24, 2.45) is 10.2 Å². The number of hydrogen-bond donors (Lipinski definition) is 1. The summed E-state index contributed by atoms with van der Waals surface area (Å²) in [5.74, 6) is -0.884. The van der Waals surface area contributed by atoms with Gasteiger partial charge in [0.2, 0.25) is 0 Å². The van der Waals surface area contributed by atoms with Crippen molar-refractivity contribution < 1.29 is 14.3 Å². The van der Waals surface area contributed by atoms with Crippen molar-refractivity contribution in [2.75, 3.05) is 11.9 Å². The van der Waals surface area contributed by atoms with Crippen LogP contribution < -0.4 is 5.32 Å². The molecule has 3 aromatic carbocycles. The molecule has 0 heterocycles. The van der Waals surface area contributed by atoms with Gasteiger partial charge in [0.05, 0.1) is 16.9 Å². The van der Waals surface area contributed by atoms with Crippen molar-refractivity contribution in [3.05, 3.63) is 89.5 Å². The van der Waals surface area contributed by atoms with Gasteiger partial charge in [0.1, 0.15) is 0 Å². The molecule has 0 atom stereocenters. The number of azo groups is 1. The summed E-state index contributed by atoms with van der Waals surface area (Å²) < 4.78 is 5.18. The highest BCUT2D eigenvalue weighted by Gasteiger charge is 2.15. The van der Waals surface area contributed by atoms with Crippen LogP contribution in [-0.4, -0.2) is 18.5 Å². The number of hydrogen-bond acceptors (Lipinski definition) is 5. The quantitative estimate of drug-likeness (QED) is 0.411. The molecule has 0 saturated heterocycles. The fraction of sp³-hybridized carbons (Fsp3) is 0.200. The molecule has 1 amide bonds. The summed E-state index contributed by atoms with van der Waals surface area (Å²) in [6.45, 7) is -0.342. The van der Waals surface area contributed by atoms with Crippen molar-refractivity contribution in [1.82, 2.24) is 0 Å². The lowest BCUT2D eigenvalue weighted by molar-refractivity contribution is -0.119. The van der Waals surface area contributed by atoms with E-state index in [1.54, 1.807) is 30.3 Å². The SMILES string of the molecule is O=C(COC(=O)c1ccc2c(c1)CCCC2)Nc1ccc(N=Nc2ccccc2)cc1. The zero-order chi connectivity index (χ0) is 21.5. The monoisotopic (exact) mass is 413 g/mol. The minimum atomic E-state index is -0.486. The molecular formula is C25H23N3O3. The van der Waals surface area contributed by atoms with Crippen LogP contribution in [0.4, 0.5) is 17.1 Å². The van der Waals surface area contributed by atoms with Crippen LogP contribution >= 0.6 is 0 Å². The van der Waals surface area contributed by atoms with Crippen LogP contribution in [0.1, 0.15) is 34.3 Å². The first-order chi connectivity index (χ1) is 15.2. The fourth-order valence-corrected chi connectivity index (χ4v) is 3.49. The maximum absolute atomic E-state index is 12.3. The minimum Gasteiger partial charge on any atom is -0.452 e. The van der Waals surface area contributed by atoms with Gasteiger partial charge in [-0.1, -0.05) is 24.3 Å². The summed E-state index contributed by atoms with van der Waals surface area (Å²) in [7, 11) is 0. The topological polar surface area (TPSA) is 80.1 Å². The van der Waals surface area contributed by atoms with E-state index in [0.29, 0.717) is 16.9 Å². The molecule has 3 aromatic rings. The third-order valence-corrected chi connectivity index (χ3v) is 5.11. The number of benzene rings is 3. The van der Waals surface area contributed by atoms with Gasteiger partial charge in [-0.25, -0.2) is 4.79 Å². The number of amides is 1. The third kappa shape index (κ3) is 5.63. The molecule has 0 aliphatic heterocycles. The van der Waals surface area contributed by atoms with Gasteiger partial charge in [0.15, 0.2) is 6.61 Å². The highest BCUT2D eigenvalue weighted by molar-refractivity contribution is 5.95. The number of aryl methyl sites for hydroxylation is 2. The lowest BCUT2D eigenvalue weighted by Gasteiger charge is -2.16. The van der Waals surface area contributed by atoms with Crippen molar-refractivity contribution >= 4 is 28.9 Å². The first-order valence-electron chi connectivity index (χ1n) is 10.3. The Kier molecular flexibility index (Phi) is 6.47. The Balaban J connectivity index is 1.27. The summed E-state index contributed by atoms with van der Waals surface area (Å²) >= 11 is 0. The Morgan fingerprint density at radius 3 is 2.23 bits per heavy atom. The van der Waals surface area contributed by atoms with Crippen molar-refractivity contribution in [2.45, 2.75) is 25.7 Å². The second kappa shape index (κ2) is 9.80. The minimum absolute atomic E-state index is 0.342. The average molecular weight is 413 g/mol. The van der Waals surface area contributed by atoms with Crippen LogP contribution in [0.15, 0.2) is 83.0 Å². The lowest BCUT2D eigenvalue weighted by Crippen LogP contribution is -2.21. The molecule has 0 radical (unpaired) electrons. The normalized spacial score (nSPS) is 12.9. The van der Waals surface area contributed by atoms with Gasteiger partial charge in [-0.2, -0.15) is 10.2 Å². The Hall–Kier alpha value is -3.80. The number of nitrogens with zero attached hydrogens (tertiary/aromatic N) is 2. The van der Waals surface area contributed by atoms with Gasteiger partial charge in [-0.05, 0) is 85.3 Å². The summed E-state index contributed by atoms with van der Waals surface area (Å²) in [6, 6.07) is 22.0. The van der Waals surface area contributed by atoms with E-state index in [-0.39, 0.29) is 6.61 Å². The highest BCUT2D eigenvalue weighted by Crippen LogP contribution is 2.23. The molecule has 156 valence electrons. The Labute approximate surface area is 181 Å². The van der Waals surface area contributed by atoms with Crippen LogP contribution in [-0.2, 0) is 22.4 Å². The van der Waals surface area contributed by atoms with Crippen LogP contribution in [0.2, 0.25) is 0 Å². The molecule has 1 aliphatic carbocycles. The van der Waals surface area contributed by atoms with E-state index < -0.39 is 11.9 Å². The Bertz CT molecular complexity index is 1090. The van der Waals surface area contributed by atoms with Crippen LogP contribution in [0.3, 0.4) is 0 Å². The Morgan fingerprint density at radius 1 is 0.806 bits per heavy atom.